The number of anilines is 1. The first-order valence-electron chi connectivity index (χ1n) is 12.4. The summed E-state index contributed by atoms with van der Waals surface area (Å²) in [6, 6.07) is 19.1. The Labute approximate surface area is 235 Å². The molecule has 0 aliphatic heterocycles. The van der Waals surface area contributed by atoms with E-state index in [0.29, 0.717) is 38.2 Å². The van der Waals surface area contributed by atoms with Gasteiger partial charge in [-0.2, -0.15) is 13.9 Å². The number of benzene rings is 3. The molecule has 0 amide bonds. The summed E-state index contributed by atoms with van der Waals surface area (Å²) >= 11 is 6.45. The molecule has 12 heteroatoms. The Kier molecular flexibility index (Phi) is 6.58. The molecule has 3 heterocycles. The van der Waals surface area contributed by atoms with E-state index < -0.39 is 24.2 Å². The van der Waals surface area contributed by atoms with E-state index in [1.54, 1.807) is 39.6 Å². The van der Waals surface area contributed by atoms with Crippen molar-refractivity contribution in [1.29, 1.82) is 0 Å². The number of aromatic nitrogens is 5. The van der Waals surface area contributed by atoms with Crippen LogP contribution in [0, 0.1) is 5.82 Å². The van der Waals surface area contributed by atoms with Crippen molar-refractivity contribution in [2.45, 2.75) is 19.6 Å². The summed E-state index contributed by atoms with van der Waals surface area (Å²) in [7, 11) is 0. The molecule has 206 valence electrons. The Morgan fingerprint density at radius 1 is 0.976 bits per heavy atom. The number of ether oxygens (including phenoxy) is 1. The molecule has 0 saturated carbocycles. The zero-order valence-corrected chi connectivity index (χ0v) is 22.1. The highest BCUT2D eigenvalue weighted by Gasteiger charge is 2.25. The Morgan fingerprint density at radius 3 is 2.49 bits per heavy atom. The lowest BCUT2D eigenvalue weighted by atomic mass is 10.1. The third kappa shape index (κ3) is 4.53. The van der Waals surface area contributed by atoms with Gasteiger partial charge >= 0.3 is 6.61 Å². The van der Waals surface area contributed by atoms with Crippen LogP contribution in [-0.2, 0) is 0 Å². The number of hydrogen-bond donors (Lipinski definition) is 1. The molecule has 0 radical (unpaired) electrons. The van der Waals surface area contributed by atoms with E-state index in [2.05, 4.69) is 14.7 Å². The number of alkyl halides is 2. The summed E-state index contributed by atoms with van der Waals surface area (Å²) in [5.41, 5.74) is 7.88. The minimum Gasteiger partial charge on any atom is -0.432 e. The van der Waals surface area contributed by atoms with E-state index in [9.17, 15) is 18.0 Å². The number of halogens is 4. The average Bonchev–Trinajstić information content (AvgIpc) is 3.35. The number of pyridine rings is 1. The van der Waals surface area contributed by atoms with Gasteiger partial charge in [0.2, 0.25) is 0 Å². The quantitative estimate of drug-likeness (QED) is 0.247. The van der Waals surface area contributed by atoms with Crippen LogP contribution in [0.1, 0.15) is 18.7 Å². The van der Waals surface area contributed by atoms with Gasteiger partial charge in [-0.1, -0.05) is 41.9 Å². The van der Waals surface area contributed by atoms with E-state index in [-0.39, 0.29) is 22.6 Å². The van der Waals surface area contributed by atoms with Crippen LogP contribution in [0.3, 0.4) is 0 Å². The summed E-state index contributed by atoms with van der Waals surface area (Å²) in [6.45, 7) is -1.35. The highest BCUT2D eigenvalue weighted by Crippen LogP contribution is 2.36. The number of rotatable bonds is 6. The largest absolute Gasteiger partial charge is 0.432 e. The lowest BCUT2D eigenvalue weighted by Gasteiger charge is -2.21. The van der Waals surface area contributed by atoms with Crippen LogP contribution >= 0.6 is 11.6 Å². The van der Waals surface area contributed by atoms with Crippen molar-refractivity contribution >= 4 is 39.2 Å². The number of para-hydroxylation sites is 1. The predicted octanol–water partition coefficient (Wildman–Crippen LogP) is 6.38. The van der Waals surface area contributed by atoms with E-state index in [1.165, 1.54) is 12.4 Å². The van der Waals surface area contributed by atoms with E-state index in [1.807, 2.05) is 31.2 Å². The number of nitrogens with two attached hydrogens (primary N) is 1. The third-order valence-corrected chi connectivity index (χ3v) is 7.09. The molecular formula is C29H20ClF3N6O2. The third-order valence-electron chi connectivity index (χ3n) is 6.77. The number of hydrogen-bond acceptors (Lipinski definition) is 6. The molecular weight excluding hydrogens is 557 g/mol. The maximum atomic E-state index is 14.7. The molecule has 0 aliphatic rings. The van der Waals surface area contributed by atoms with Crippen molar-refractivity contribution in [2.75, 3.05) is 5.73 Å². The van der Waals surface area contributed by atoms with Gasteiger partial charge in [0.05, 0.1) is 27.5 Å². The molecule has 0 fully saturated rings. The summed E-state index contributed by atoms with van der Waals surface area (Å²) in [5, 5.41) is 6.39. The molecule has 3 aromatic carbocycles. The first-order valence-corrected chi connectivity index (χ1v) is 12.8. The second kappa shape index (κ2) is 10.3. The highest BCUT2D eigenvalue weighted by atomic mass is 35.5. The van der Waals surface area contributed by atoms with Gasteiger partial charge in [0.15, 0.2) is 17.2 Å². The molecule has 0 aliphatic carbocycles. The molecule has 3 aromatic heterocycles. The monoisotopic (exact) mass is 576 g/mol. The lowest BCUT2D eigenvalue weighted by molar-refractivity contribution is -0.0521. The molecule has 1 atom stereocenters. The van der Waals surface area contributed by atoms with Gasteiger partial charge in [-0.15, -0.1) is 0 Å². The molecule has 2 N–H and O–H groups in total. The topological polar surface area (TPSA) is 101 Å². The molecule has 6 rings (SSSR count). The highest BCUT2D eigenvalue weighted by molar-refractivity contribution is 6.35. The van der Waals surface area contributed by atoms with Crippen molar-refractivity contribution in [3.8, 4) is 22.7 Å². The fourth-order valence-electron chi connectivity index (χ4n) is 4.92. The molecule has 0 bridgehead atoms. The van der Waals surface area contributed by atoms with Crippen molar-refractivity contribution in [3.63, 3.8) is 0 Å². The maximum Gasteiger partial charge on any atom is 0.387 e. The first-order chi connectivity index (χ1) is 19.7. The number of nitrogen functional groups attached to an aromatic ring is 1. The van der Waals surface area contributed by atoms with Crippen LogP contribution < -0.4 is 16.0 Å². The second-order valence-electron chi connectivity index (χ2n) is 9.20. The van der Waals surface area contributed by atoms with Crippen LogP contribution in [0.25, 0.3) is 38.8 Å². The Bertz CT molecular complexity index is 2000. The standard InChI is InChI=1S/C29H20ClF3N6O2/c1-15(21-13-16-6-5-9-19(30)23(16)28(40)38(21)18-7-3-2-4-8-18)39-27-24(26(34)35-14-36-27)25(37-39)17-10-11-22(20(31)12-17)41-29(32)33/h2-15,29H,1H3,(H2,34,35,36)/t15-/m0/s1. The number of nitrogens with zero attached hydrogens (tertiary/aromatic N) is 5. The minimum atomic E-state index is -3.18. The second-order valence-corrected chi connectivity index (χ2v) is 9.61. The Morgan fingerprint density at radius 2 is 1.76 bits per heavy atom. The Balaban J connectivity index is 1.59. The normalized spacial score (nSPS) is 12.3. The Hall–Kier alpha value is -4.90. The van der Waals surface area contributed by atoms with Gasteiger partial charge in [-0.25, -0.2) is 19.0 Å². The van der Waals surface area contributed by atoms with Crippen LogP contribution in [-0.4, -0.2) is 30.9 Å². The molecule has 8 nitrogen and oxygen atoms in total. The summed E-state index contributed by atoms with van der Waals surface area (Å²) in [6.07, 6.45) is 1.27. The molecule has 0 unspecified atom stereocenters. The van der Waals surface area contributed by atoms with E-state index in [0.717, 1.165) is 12.1 Å². The van der Waals surface area contributed by atoms with Gasteiger partial charge in [0, 0.05) is 11.3 Å². The van der Waals surface area contributed by atoms with Crippen LogP contribution in [0.5, 0.6) is 5.75 Å². The minimum absolute atomic E-state index is 0.0857. The van der Waals surface area contributed by atoms with Gasteiger partial charge < -0.3 is 10.5 Å². The zero-order chi connectivity index (χ0) is 28.8. The fraction of sp³-hybridized carbons (Fsp3) is 0.103. The van der Waals surface area contributed by atoms with Gasteiger partial charge in [0.1, 0.15) is 17.8 Å². The van der Waals surface area contributed by atoms with Gasteiger partial charge in [0.25, 0.3) is 5.56 Å². The van der Waals surface area contributed by atoms with Crippen molar-refractivity contribution < 1.29 is 17.9 Å². The molecule has 6 aromatic rings. The smallest absolute Gasteiger partial charge is 0.387 e. The molecule has 0 saturated heterocycles. The van der Waals surface area contributed by atoms with Gasteiger partial charge in [-0.05, 0) is 54.8 Å². The van der Waals surface area contributed by atoms with Crippen LogP contribution in [0.15, 0.2) is 83.9 Å². The fourth-order valence-corrected chi connectivity index (χ4v) is 5.19. The van der Waals surface area contributed by atoms with E-state index in [4.69, 9.17) is 22.4 Å². The lowest BCUT2D eigenvalue weighted by Crippen LogP contribution is -2.26. The predicted molar refractivity (Wildman–Crippen MR) is 150 cm³/mol. The van der Waals surface area contributed by atoms with Crippen molar-refractivity contribution in [2.24, 2.45) is 0 Å². The summed E-state index contributed by atoms with van der Waals surface area (Å²) < 4.78 is 47.4. The van der Waals surface area contributed by atoms with Crippen LogP contribution in [0.2, 0.25) is 5.02 Å². The van der Waals surface area contributed by atoms with Crippen molar-refractivity contribution in [1.82, 2.24) is 24.3 Å². The summed E-state index contributed by atoms with van der Waals surface area (Å²) in [4.78, 5) is 22.4. The van der Waals surface area contributed by atoms with Crippen LogP contribution in [0.4, 0.5) is 19.0 Å². The molecule has 0 spiro atoms. The van der Waals surface area contributed by atoms with Crippen molar-refractivity contribution in [3.05, 3.63) is 106 Å². The average molecular weight is 577 g/mol. The summed E-state index contributed by atoms with van der Waals surface area (Å²) in [5.74, 6) is -1.52. The van der Waals surface area contributed by atoms with Gasteiger partial charge in [-0.3, -0.25) is 9.36 Å². The maximum absolute atomic E-state index is 14.7. The first kappa shape index (κ1) is 26.3. The number of fused-ring (bicyclic) bond motifs is 2. The zero-order valence-electron chi connectivity index (χ0n) is 21.3. The SMILES string of the molecule is C[C@@H](c1cc2cccc(Cl)c2c(=O)n1-c1ccccc1)n1nc(-c2ccc(OC(F)F)c(F)c2)c2c(N)ncnc21. The molecule has 41 heavy (non-hydrogen) atoms. The van der Waals surface area contributed by atoms with E-state index >= 15 is 0 Å².